The molecule has 1 aromatic carbocycles. The van der Waals surface area contributed by atoms with Crippen LogP contribution in [0.5, 0.6) is 0 Å². The number of carbonyl (C=O) groups is 1. The summed E-state index contributed by atoms with van der Waals surface area (Å²) in [7, 11) is 0. The Labute approximate surface area is 107 Å². The molecule has 2 rings (SSSR count). The van der Waals surface area contributed by atoms with Crippen molar-refractivity contribution >= 4 is 16.9 Å². The van der Waals surface area contributed by atoms with Gasteiger partial charge in [0, 0.05) is 18.1 Å². The number of hydrogen-bond donors (Lipinski definition) is 1. The Balaban J connectivity index is 2.81. The summed E-state index contributed by atoms with van der Waals surface area (Å²) >= 11 is 0. The lowest BCUT2D eigenvalue weighted by molar-refractivity contribution is 0.0698. The third kappa shape index (κ3) is 2.01. The second kappa shape index (κ2) is 4.16. The first-order chi connectivity index (χ1) is 8.34. The summed E-state index contributed by atoms with van der Waals surface area (Å²) in [5.74, 6) is -0.862. The maximum absolute atomic E-state index is 11.4. The first kappa shape index (κ1) is 12.7. The average molecular weight is 245 g/mol. The van der Waals surface area contributed by atoms with Crippen molar-refractivity contribution in [2.24, 2.45) is 0 Å². The van der Waals surface area contributed by atoms with E-state index in [1.807, 2.05) is 23.8 Å². The van der Waals surface area contributed by atoms with Crippen LogP contribution in [0.4, 0.5) is 0 Å². The van der Waals surface area contributed by atoms with Gasteiger partial charge in [-0.2, -0.15) is 0 Å². The van der Waals surface area contributed by atoms with Crippen LogP contribution in [0.25, 0.3) is 10.9 Å². The molecule has 0 saturated carbocycles. The van der Waals surface area contributed by atoms with Gasteiger partial charge >= 0.3 is 5.97 Å². The predicted octanol–water partition coefficient (Wildman–Crippen LogP) is 3.66. The van der Waals surface area contributed by atoms with Crippen LogP contribution in [0.1, 0.15) is 43.6 Å². The van der Waals surface area contributed by atoms with Crippen LogP contribution >= 0.6 is 0 Å². The fraction of sp³-hybridized carbons (Fsp3) is 0.400. The quantitative estimate of drug-likeness (QED) is 0.877. The normalized spacial score (nSPS) is 12.0. The van der Waals surface area contributed by atoms with Crippen LogP contribution in [0, 0.1) is 0 Å². The van der Waals surface area contributed by atoms with Crippen molar-refractivity contribution in [2.45, 2.75) is 39.7 Å². The van der Waals surface area contributed by atoms with Crippen LogP contribution in [0.3, 0.4) is 0 Å². The zero-order valence-electron chi connectivity index (χ0n) is 11.3. The topological polar surface area (TPSA) is 42.2 Å². The third-order valence-corrected chi connectivity index (χ3v) is 3.30. The van der Waals surface area contributed by atoms with Gasteiger partial charge in [0.05, 0.1) is 11.1 Å². The zero-order valence-corrected chi connectivity index (χ0v) is 11.3. The Morgan fingerprint density at radius 1 is 1.33 bits per heavy atom. The van der Waals surface area contributed by atoms with Crippen molar-refractivity contribution in [2.75, 3.05) is 0 Å². The molecule has 0 amide bonds. The summed E-state index contributed by atoms with van der Waals surface area (Å²) < 4.78 is 1.98. The second-order valence-corrected chi connectivity index (χ2v) is 5.62. The zero-order chi connectivity index (χ0) is 13.5. The molecular weight excluding hydrogens is 226 g/mol. The van der Waals surface area contributed by atoms with Crippen LogP contribution in [-0.2, 0) is 12.0 Å². The Kier molecular flexibility index (Phi) is 2.93. The molecule has 0 fully saturated rings. The fourth-order valence-corrected chi connectivity index (χ4v) is 2.21. The van der Waals surface area contributed by atoms with Gasteiger partial charge in [-0.25, -0.2) is 4.79 Å². The number of fused-ring (bicyclic) bond motifs is 1. The molecule has 2 aromatic rings. The van der Waals surface area contributed by atoms with Gasteiger partial charge in [0.1, 0.15) is 0 Å². The Morgan fingerprint density at radius 2 is 2.00 bits per heavy atom. The van der Waals surface area contributed by atoms with Crippen LogP contribution < -0.4 is 0 Å². The molecule has 0 spiro atoms. The van der Waals surface area contributed by atoms with E-state index in [1.165, 1.54) is 0 Å². The van der Waals surface area contributed by atoms with Crippen LogP contribution in [-0.4, -0.2) is 15.6 Å². The molecule has 96 valence electrons. The summed E-state index contributed by atoms with van der Waals surface area (Å²) in [4.78, 5) is 11.4. The van der Waals surface area contributed by atoms with Crippen molar-refractivity contribution in [3.63, 3.8) is 0 Å². The van der Waals surface area contributed by atoms with Gasteiger partial charge in [-0.3, -0.25) is 0 Å². The van der Waals surface area contributed by atoms with Gasteiger partial charge in [-0.05, 0) is 36.1 Å². The standard InChI is InChI=1S/C15H19NO2/c1-5-16-7-6-10-8-11(15(2,3)4)9-12(13(10)16)14(17)18/h6-9H,5H2,1-4H3,(H,17,18). The molecule has 0 aliphatic heterocycles. The molecule has 0 unspecified atom stereocenters. The molecule has 1 aromatic heterocycles. The first-order valence-corrected chi connectivity index (χ1v) is 6.21. The number of carboxylic acid groups (broad SMARTS) is 1. The Bertz CT molecular complexity index is 603. The first-order valence-electron chi connectivity index (χ1n) is 6.21. The van der Waals surface area contributed by atoms with Crippen molar-refractivity contribution in [1.82, 2.24) is 4.57 Å². The average Bonchev–Trinajstić information content (AvgIpc) is 2.69. The molecule has 0 saturated heterocycles. The van der Waals surface area contributed by atoms with Gasteiger partial charge in [0.2, 0.25) is 0 Å². The molecule has 1 heterocycles. The molecule has 0 aliphatic carbocycles. The van der Waals surface area contributed by atoms with Crippen LogP contribution in [0.2, 0.25) is 0 Å². The molecular formula is C15H19NO2. The number of aromatic carboxylic acids is 1. The molecule has 0 atom stereocenters. The number of aromatic nitrogens is 1. The molecule has 0 bridgehead atoms. The number of carboxylic acids is 1. The minimum atomic E-state index is -0.862. The van der Waals surface area contributed by atoms with Crippen LogP contribution in [0.15, 0.2) is 24.4 Å². The maximum Gasteiger partial charge on any atom is 0.337 e. The predicted molar refractivity (Wildman–Crippen MR) is 73.3 cm³/mol. The van der Waals surface area contributed by atoms with Gasteiger partial charge in [0.15, 0.2) is 0 Å². The molecule has 3 heteroatoms. The van der Waals surface area contributed by atoms with Crippen molar-refractivity contribution < 1.29 is 9.90 Å². The van der Waals surface area contributed by atoms with E-state index in [9.17, 15) is 9.90 Å². The van der Waals surface area contributed by atoms with E-state index in [-0.39, 0.29) is 5.41 Å². The van der Waals surface area contributed by atoms with E-state index in [0.717, 1.165) is 23.0 Å². The minimum absolute atomic E-state index is 0.0489. The van der Waals surface area contributed by atoms with Crippen molar-refractivity contribution in [1.29, 1.82) is 0 Å². The lowest BCUT2D eigenvalue weighted by atomic mass is 9.85. The van der Waals surface area contributed by atoms with E-state index >= 15 is 0 Å². The monoisotopic (exact) mass is 245 g/mol. The number of rotatable bonds is 2. The Hall–Kier alpha value is -1.77. The van der Waals surface area contributed by atoms with Crippen molar-refractivity contribution in [3.8, 4) is 0 Å². The minimum Gasteiger partial charge on any atom is -0.478 e. The summed E-state index contributed by atoms with van der Waals surface area (Å²) in [5, 5.41) is 10.4. The molecule has 3 nitrogen and oxygen atoms in total. The van der Waals surface area contributed by atoms with E-state index in [0.29, 0.717) is 5.56 Å². The number of nitrogens with zero attached hydrogens (tertiary/aromatic N) is 1. The molecule has 0 aliphatic rings. The second-order valence-electron chi connectivity index (χ2n) is 5.62. The Morgan fingerprint density at radius 3 is 2.50 bits per heavy atom. The lowest BCUT2D eigenvalue weighted by Crippen LogP contribution is -2.13. The van der Waals surface area contributed by atoms with E-state index < -0.39 is 5.97 Å². The highest BCUT2D eigenvalue weighted by Crippen LogP contribution is 2.29. The maximum atomic E-state index is 11.4. The van der Waals surface area contributed by atoms with E-state index in [2.05, 4.69) is 26.8 Å². The highest BCUT2D eigenvalue weighted by molar-refractivity contribution is 6.02. The van der Waals surface area contributed by atoms with Gasteiger partial charge in [-0.15, -0.1) is 0 Å². The van der Waals surface area contributed by atoms with Gasteiger partial charge < -0.3 is 9.67 Å². The number of aryl methyl sites for hydroxylation is 1. The SMILES string of the molecule is CCn1ccc2cc(C(C)(C)C)cc(C(=O)O)c21. The summed E-state index contributed by atoms with van der Waals surface area (Å²) in [5.41, 5.74) is 2.22. The van der Waals surface area contributed by atoms with Gasteiger partial charge in [-0.1, -0.05) is 20.8 Å². The summed E-state index contributed by atoms with van der Waals surface area (Å²) in [6, 6.07) is 5.88. The highest BCUT2D eigenvalue weighted by Gasteiger charge is 2.20. The molecule has 18 heavy (non-hydrogen) atoms. The highest BCUT2D eigenvalue weighted by atomic mass is 16.4. The smallest absolute Gasteiger partial charge is 0.337 e. The molecule has 1 N–H and O–H groups in total. The third-order valence-electron chi connectivity index (χ3n) is 3.30. The number of hydrogen-bond acceptors (Lipinski definition) is 1. The van der Waals surface area contributed by atoms with E-state index in [1.54, 1.807) is 6.07 Å². The number of benzene rings is 1. The summed E-state index contributed by atoms with van der Waals surface area (Å²) in [6.07, 6.45) is 1.95. The van der Waals surface area contributed by atoms with E-state index in [4.69, 9.17) is 0 Å². The largest absolute Gasteiger partial charge is 0.478 e. The van der Waals surface area contributed by atoms with Crippen molar-refractivity contribution in [3.05, 3.63) is 35.5 Å². The fourth-order valence-electron chi connectivity index (χ4n) is 2.21. The van der Waals surface area contributed by atoms with Gasteiger partial charge in [0.25, 0.3) is 0 Å². The summed E-state index contributed by atoms with van der Waals surface area (Å²) in [6.45, 7) is 9.07. The molecule has 0 radical (unpaired) electrons. The lowest BCUT2D eigenvalue weighted by Gasteiger charge is -2.20.